The standard InChI is InChI=1S/C22H32N4O7/c23-7-9-32-11-13-33-12-10-31-8-6-20(28)24-17-3-1-2-15-16(17)14-26(22(15)30)18-4-5-19(27)25-21(18)29/h1-3,18-19,27H,4-14,23H2,(H,24,28)(H,25,29). The van der Waals surface area contributed by atoms with E-state index in [9.17, 15) is 19.5 Å². The second kappa shape index (κ2) is 12.6. The highest BCUT2D eigenvalue weighted by atomic mass is 16.5. The molecule has 33 heavy (non-hydrogen) atoms. The molecule has 2 heterocycles. The zero-order valence-corrected chi connectivity index (χ0v) is 18.6. The summed E-state index contributed by atoms with van der Waals surface area (Å²) in [6.45, 7) is 3.16. The van der Waals surface area contributed by atoms with Gasteiger partial charge in [0.25, 0.3) is 5.91 Å². The number of fused-ring (bicyclic) bond motifs is 1. The Kier molecular flexibility index (Phi) is 9.58. The number of aliphatic hydroxyl groups is 1. The summed E-state index contributed by atoms with van der Waals surface area (Å²) in [7, 11) is 0. The highest BCUT2D eigenvalue weighted by Gasteiger charge is 2.39. The number of nitrogens with zero attached hydrogens (tertiary/aromatic N) is 1. The Labute approximate surface area is 192 Å². The second-order valence-corrected chi connectivity index (χ2v) is 7.81. The predicted molar refractivity (Wildman–Crippen MR) is 118 cm³/mol. The number of nitrogens with two attached hydrogens (primary N) is 1. The van der Waals surface area contributed by atoms with Gasteiger partial charge in [0.15, 0.2) is 0 Å². The maximum absolute atomic E-state index is 12.9. The summed E-state index contributed by atoms with van der Waals surface area (Å²) in [5.74, 6) is -0.858. The van der Waals surface area contributed by atoms with Gasteiger partial charge in [0, 0.05) is 29.9 Å². The van der Waals surface area contributed by atoms with E-state index in [1.807, 2.05) is 0 Å². The van der Waals surface area contributed by atoms with Crippen LogP contribution in [0.25, 0.3) is 0 Å². The minimum atomic E-state index is -0.882. The molecule has 3 rings (SSSR count). The highest BCUT2D eigenvalue weighted by molar-refractivity contribution is 6.04. The third-order valence-corrected chi connectivity index (χ3v) is 5.45. The number of benzene rings is 1. The number of carbonyl (C=O) groups is 3. The molecule has 0 aliphatic carbocycles. The SMILES string of the molecule is NCCOCCOCCOCCC(=O)Nc1cccc2c1CN(C1CCC(O)NC1=O)C2=O. The Balaban J connectivity index is 1.42. The number of hydrogen-bond donors (Lipinski definition) is 4. The first-order valence-corrected chi connectivity index (χ1v) is 11.2. The first kappa shape index (κ1) is 25.1. The molecule has 182 valence electrons. The van der Waals surface area contributed by atoms with Crippen molar-refractivity contribution in [1.82, 2.24) is 10.2 Å². The molecule has 2 unspecified atom stereocenters. The first-order valence-electron chi connectivity index (χ1n) is 11.2. The highest BCUT2D eigenvalue weighted by Crippen LogP contribution is 2.32. The Bertz CT molecular complexity index is 835. The van der Waals surface area contributed by atoms with E-state index in [-0.39, 0.29) is 37.3 Å². The molecule has 11 heteroatoms. The fourth-order valence-corrected chi connectivity index (χ4v) is 3.80. The molecule has 1 aromatic carbocycles. The summed E-state index contributed by atoms with van der Waals surface area (Å²) >= 11 is 0. The number of ether oxygens (including phenoxy) is 3. The molecule has 11 nitrogen and oxygen atoms in total. The van der Waals surface area contributed by atoms with Gasteiger partial charge < -0.3 is 40.6 Å². The molecule has 1 aromatic rings. The summed E-state index contributed by atoms with van der Waals surface area (Å²) in [6.07, 6.45) is 0.0422. The number of piperidine rings is 1. The Hall–Kier alpha value is -2.57. The molecular weight excluding hydrogens is 432 g/mol. The molecular formula is C22H32N4O7. The number of aliphatic hydroxyl groups excluding tert-OH is 1. The van der Waals surface area contributed by atoms with Crippen LogP contribution >= 0.6 is 0 Å². The van der Waals surface area contributed by atoms with Crippen molar-refractivity contribution in [3.8, 4) is 0 Å². The molecule has 1 fully saturated rings. The minimum Gasteiger partial charge on any atom is -0.379 e. The van der Waals surface area contributed by atoms with Gasteiger partial charge in [-0.1, -0.05) is 6.07 Å². The lowest BCUT2D eigenvalue weighted by atomic mass is 10.0. The van der Waals surface area contributed by atoms with Crippen LogP contribution in [0.15, 0.2) is 18.2 Å². The number of nitrogens with one attached hydrogen (secondary N) is 2. The minimum absolute atomic E-state index is 0.157. The molecule has 0 radical (unpaired) electrons. The maximum Gasteiger partial charge on any atom is 0.255 e. The summed E-state index contributed by atoms with van der Waals surface area (Å²) in [6, 6.07) is 4.48. The Morgan fingerprint density at radius 1 is 1.09 bits per heavy atom. The van der Waals surface area contributed by atoms with Crippen LogP contribution in [0.4, 0.5) is 5.69 Å². The van der Waals surface area contributed by atoms with Crippen LogP contribution in [0.5, 0.6) is 0 Å². The van der Waals surface area contributed by atoms with Gasteiger partial charge in [-0.3, -0.25) is 14.4 Å². The summed E-state index contributed by atoms with van der Waals surface area (Å²) in [4.78, 5) is 39.0. The smallest absolute Gasteiger partial charge is 0.255 e. The molecule has 0 aromatic heterocycles. The van der Waals surface area contributed by atoms with Crippen LogP contribution in [0.3, 0.4) is 0 Å². The topological polar surface area (TPSA) is 152 Å². The van der Waals surface area contributed by atoms with Gasteiger partial charge in [-0.05, 0) is 25.0 Å². The zero-order valence-electron chi connectivity index (χ0n) is 18.6. The van der Waals surface area contributed by atoms with Crippen LogP contribution < -0.4 is 16.4 Å². The van der Waals surface area contributed by atoms with Crippen molar-refractivity contribution in [3.05, 3.63) is 29.3 Å². The summed E-state index contributed by atoms with van der Waals surface area (Å²) < 4.78 is 16.0. The van der Waals surface area contributed by atoms with Crippen molar-refractivity contribution >= 4 is 23.4 Å². The number of rotatable bonds is 13. The van der Waals surface area contributed by atoms with Crippen LogP contribution in [0.1, 0.15) is 35.2 Å². The third kappa shape index (κ3) is 6.95. The largest absolute Gasteiger partial charge is 0.379 e. The van der Waals surface area contributed by atoms with Crippen LogP contribution in [0.2, 0.25) is 0 Å². The number of amides is 3. The van der Waals surface area contributed by atoms with E-state index in [2.05, 4.69) is 10.6 Å². The zero-order chi connectivity index (χ0) is 23.6. The number of carbonyl (C=O) groups excluding carboxylic acids is 3. The van der Waals surface area contributed by atoms with Gasteiger partial charge >= 0.3 is 0 Å². The fourth-order valence-electron chi connectivity index (χ4n) is 3.80. The summed E-state index contributed by atoms with van der Waals surface area (Å²) in [5.41, 5.74) is 7.01. The van der Waals surface area contributed by atoms with E-state index in [0.29, 0.717) is 69.2 Å². The predicted octanol–water partition coefficient (Wildman–Crippen LogP) is -0.423. The molecule has 2 aliphatic rings. The van der Waals surface area contributed by atoms with E-state index in [0.717, 1.165) is 0 Å². The lowest BCUT2D eigenvalue weighted by molar-refractivity contribution is -0.132. The lowest BCUT2D eigenvalue weighted by Crippen LogP contribution is -2.54. The second-order valence-electron chi connectivity index (χ2n) is 7.81. The van der Waals surface area contributed by atoms with E-state index in [4.69, 9.17) is 19.9 Å². The van der Waals surface area contributed by atoms with Crippen molar-refractivity contribution in [2.75, 3.05) is 51.5 Å². The van der Waals surface area contributed by atoms with Gasteiger partial charge in [-0.25, -0.2) is 0 Å². The van der Waals surface area contributed by atoms with Crippen molar-refractivity contribution < 1.29 is 33.7 Å². The molecule has 5 N–H and O–H groups in total. The lowest BCUT2D eigenvalue weighted by Gasteiger charge is -2.32. The Morgan fingerprint density at radius 3 is 2.48 bits per heavy atom. The van der Waals surface area contributed by atoms with Gasteiger partial charge in [0.05, 0.1) is 46.1 Å². The fraction of sp³-hybridized carbons (Fsp3) is 0.591. The van der Waals surface area contributed by atoms with Gasteiger partial charge in [-0.2, -0.15) is 0 Å². The molecule has 0 saturated carbocycles. The Morgan fingerprint density at radius 2 is 1.79 bits per heavy atom. The van der Waals surface area contributed by atoms with Gasteiger partial charge in [0.2, 0.25) is 11.8 Å². The number of anilines is 1. The normalized spacial score (nSPS) is 20.0. The molecule has 0 bridgehead atoms. The first-order chi connectivity index (χ1) is 16.0. The molecule has 1 saturated heterocycles. The maximum atomic E-state index is 12.9. The van der Waals surface area contributed by atoms with Crippen molar-refractivity contribution in [1.29, 1.82) is 0 Å². The quantitative estimate of drug-likeness (QED) is 0.287. The molecule has 3 amide bonds. The summed E-state index contributed by atoms with van der Waals surface area (Å²) in [5, 5.41) is 14.9. The van der Waals surface area contributed by atoms with E-state index >= 15 is 0 Å². The van der Waals surface area contributed by atoms with E-state index in [1.165, 1.54) is 4.90 Å². The molecule has 0 spiro atoms. The van der Waals surface area contributed by atoms with E-state index in [1.54, 1.807) is 18.2 Å². The molecule has 2 aliphatic heterocycles. The third-order valence-electron chi connectivity index (χ3n) is 5.45. The van der Waals surface area contributed by atoms with Crippen LogP contribution in [-0.2, 0) is 30.3 Å². The van der Waals surface area contributed by atoms with Crippen LogP contribution in [-0.4, -0.2) is 86.2 Å². The van der Waals surface area contributed by atoms with Crippen molar-refractivity contribution in [2.45, 2.75) is 38.1 Å². The van der Waals surface area contributed by atoms with Crippen molar-refractivity contribution in [2.24, 2.45) is 5.73 Å². The van der Waals surface area contributed by atoms with E-state index < -0.39 is 12.3 Å². The van der Waals surface area contributed by atoms with Gasteiger partial charge in [-0.15, -0.1) is 0 Å². The molecule has 2 atom stereocenters. The monoisotopic (exact) mass is 464 g/mol. The average Bonchev–Trinajstić information content (AvgIpc) is 3.12. The van der Waals surface area contributed by atoms with Crippen LogP contribution in [0, 0.1) is 0 Å². The van der Waals surface area contributed by atoms with Crippen molar-refractivity contribution in [3.63, 3.8) is 0 Å². The average molecular weight is 465 g/mol. The number of hydrogen-bond acceptors (Lipinski definition) is 8. The van der Waals surface area contributed by atoms with Gasteiger partial charge in [0.1, 0.15) is 12.3 Å².